The average molecular weight is 1710 g/mol. The maximum Gasteiger partial charge on any atom is 0.481 e. The lowest BCUT2D eigenvalue weighted by molar-refractivity contribution is -0.418. The smallest absolute Gasteiger partial charge is 0.477 e. The van der Waals surface area contributed by atoms with Gasteiger partial charge in [-0.15, -0.1) is 0 Å². The number of hydrogen-bond acceptors (Lipinski definition) is 49. The molecule has 646 valence electrons. The van der Waals surface area contributed by atoms with Crippen molar-refractivity contribution in [2.75, 3.05) is 72.6 Å². The van der Waals surface area contributed by atoms with Gasteiger partial charge in [-0.1, -0.05) is 0 Å². The van der Waals surface area contributed by atoms with Crippen molar-refractivity contribution in [3.05, 3.63) is 0 Å². The van der Waals surface area contributed by atoms with Gasteiger partial charge in [0.1, 0.15) is 189 Å². The van der Waals surface area contributed by atoms with Crippen LogP contribution in [0.1, 0.15) is 6.42 Å². The Morgan fingerprint density at radius 1 is 0.418 bits per heavy atom. The second-order valence-corrected chi connectivity index (χ2v) is 31.1. The summed E-state index contributed by atoms with van der Waals surface area (Å²) in [5.74, 6) is -6.22. The Labute approximate surface area is 617 Å². The van der Waals surface area contributed by atoms with Crippen LogP contribution >= 0.6 is 31.3 Å². The molecule has 7 fully saturated rings. The van der Waals surface area contributed by atoms with Crippen LogP contribution in [-0.2, 0) is 112 Å². The van der Waals surface area contributed by atoms with Crippen LogP contribution in [0.4, 0.5) is 0 Å². The molecule has 0 aliphatic carbocycles. The topological polar surface area (TPSA) is 899 Å². The van der Waals surface area contributed by atoms with Crippen LogP contribution in [0.5, 0.6) is 0 Å². The zero-order valence-electron chi connectivity index (χ0n) is 56.6. The first kappa shape index (κ1) is 95.6. The van der Waals surface area contributed by atoms with Gasteiger partial charge < -0.3 is 220 Å². The van der Waals surface area contributed by atoms with E-state index in [-0.39, 0.29) is 0 Å². The summed E-state index contributed by atoms with van der Waals surface area (Å²) in [5, 5.41) is 266. The number of ether oxygens (including phenoxy) is 13. The highest BCUT2D eigenvalue weighted by Crippen LogP contribution is 2.62. The summed E-state index contributed by atoms with van der Waals surface area (Å²) >= 11 is 0. The normalized spacial score (nSPS) is 44.5. The first-order chi connectivity index (χ1) is 51.3. The number of phosphoric acid groups is 4. The predicted molar refractivity (Wildman–Crippen MR) is 330 cm³/mol. The lowest BCUT2D eigenvalue weighted by Crippen LogP contribution is -2.71. The number of aliphatic carboxylic acids is 1. The first-order valence-electron chi connectivity index (χ1n) is 32.8. The molecular weight excluding hydrogens is 1610 g/mol. The van der Waals surface area contributed by atoms with E-state index < -0.39 is 349 Å². The summed E-state index contributed by atoms with van der Waals surface area (Å²) in [5.41, 5.74) is 10.7. The van der Waals surface area contributed by atoms with Crippen molar-refractivity contribution in [2.45, 2.75) is 239 Å². The molecule has 7 aliphatic rings. The van der Waals surface area contributed by atoms with E-state index in [0.717, 1.165) is 0 Å². The minimum atomic E-state index is -6.38. The summed E-state index contributed by atoms with van der Waals surface area (Å²) in [6, 6.07) is 0. The van der Waals surface area contributed by atoms with Gasteiger partial charge in [-0.25, -0.2) is 23.1 Å². The molecule has 0 aromatic carbocycles. The van der Waals surface area contributed by atoms with Gasteiger partial charge in [-0.2, -0.15) is 4.31 Å². The summed E-state index contributed by atoms with van der Waals surface area (Å²) in [6.45, 7) is -12.7. The van der Waals surface area contributed by atoms with E-state index in [1.807, 2.05) is 0 Å². The minimum Gasteiger partial charge on any atom is -0.477 e. The number of aliphatic hydroxyl groups excluding tert-OH is 22. The lowest BCUT2D eigenvalue weighted by Gasteiger charge is -2.53. The fourth-order valence-corrected chi connectivity index (χ4v) is 15.8. The van der Waals surface area contributed by atoms with Gasteiger partial charge in [-0.3, -0.25) is 22.6 Å². The number of nitrogens with two attached hydrogens (primary N) is 2. The fourth-order valence-electron chi connectivity index (χ4n) is 12.3. The van der Waals surface area contributed by atoms with Crippen molar-refractivity contribution < 1.29 is 259 Å². The molecule has 0 amide bonds. The van der Waals surface area contributed by atoms with Crippen LogP contribution in [0.15, 0.2) is 0 Å². The standard InChI is InChI=1S/C51H94N2O53P4/c52-1-3-88-108(82,83)105-19(11-59)37-25(67)26(68)42(101-47-32(74)40(31(73)34(94-47)13(60)6-54)99-45-29(71)24(66)22(64)18(10-58)92-45)49(97-37)100-41-33(75)48(98-39-16(104-110(86,87)106-109(84,85)89-4-2-53)5-51(78,50(76)77)103-36(39)15(62)8-56)95-35(14(61)7-55)43(41)102-46-30(72)27(69)38(20(93-46)12-90-107(79,80)81)96-44-28(70)23(65)21(63)17(9-57)91-44/h13-49,54-75,78H,1-12,52-53H2,(H,76,77)(H,82,83)(H,84,85)(H,86,87)(H2,79,80,81)/t13-,14-,15+,16+,17+,18+,19-,20+,21+,22-,23-,24-,25-,26-,27+,28+,29+,30+,31+,32-,33-,34+,35+,36+,37+,38+,39+,40-,41+,42-,43+,44-,45-,46-,47?,48?,49?,51+/m0/s1. The van der Waals surface area contributed by atoms with Crippen LogP contribution in [0.3, 0.4) is 0 Å². The van der Waals surface area contributed by atoms with Crippen LogP contribution < -0.4 is 11.5 Å². The Morgan fingerprint density at radius 2 is 0.836 bits per heavy atom. The highest BCUT2D eigenvalue weighted by Gasteiger charge is 2.63. The number of carbonyl (C=O) groups is 1. The molecule has 55 nitrogen and oxygen atoms in total. The van der Waals surface area contributed by atoms with Crippen LogP contribution in [0.2, 0.25) is 0 Å². The molecule has 0 spiro atoms. The summed E-state index contributed by atoms with van der Waals surface area (Å²) < 4.78 is 155. The molecule has 7 saturated heterocycles. The second kappa shape index (κ2) is 40.5. The molecule has 7 heterocycles. The third-order valence-electron chi connectivity index (χ3n) is 17.8. The molecule has 0 bridgehead atoms. The van der Waals surface area contributed by atoms with Crippen LogP contribution in [0, 0.1) is 0 Å². The molecule has 0 aromatic heterocycles. The van der Waals surface area contributed by atoms with Gasteiger partial charge in [0, 0.05) is 19.5 Å². The van der Waals surface area contributed by atoms with Crippen LogP contribution in [0.25, 0.3) is 0 Å². The second-order valence-electron chi connectivity index (χ2n) is 25.5. The zero-order chi connectivity index (χ0) is 82.4. The van der Waals surface area contributed by atoms with E-state index >= 15 is 0 Å². The summed E-state index contributed by atoms with van der Waals surface area (Å²) in [4.78, 5) is 64.3. The molecule has 59 heteroatoms. The monoisotopic (exact) mass is 1710 g/mol. The largest absolute Gasteiger partial charge is 0.481 e. The molecule has 0 radical (unpaired) electrons. The highest BCUT2D eigenvalue weighted by atomic mass is 31.3. The molecule has 110 heavy (non-hydrogen) atoms. The van der Waals surface area contributed by atoms with Gasteiger partial charge in [0.05, 0.1) is 59.5 Å². The molecule has 7 rings (SSSR count). The minimum absolute atomic E-state index is 0.499. The maximum atomic E-state index is 13.7. The molecule has 7 aliphatic heterocycles. The number of phosphoric ester groups is 4. The van der Waals surface area contributed by atoms with Crippen molar-refractivity contribution >= 4 is 37.3 Å². The van der Waals surface area contributed by atoms with E-state index in [4.69, 9.17) is 86.6 Å². The third-order valence-corrected chi connectivity index (χ3v) is 22.0. The number of rotatable bonds is 38. The van der Waals surface area contributed by atoms with Gasteiger partial charge in [0.15, 0.2) is 37.7 Å². The molecule has 0 saturated carbocycles. The van der Waals surface area contributed by atoms with Crippen molar-refractivity contribution in [1.82, 2.24) is 0 Å². The lowest BCUT2D eigenvalue weighted by atomic mass is 9.91. The van der Waals surface area contributed by atoms with Gasteiger partial charge >= 0.3 is 37.3 Å². The Balaban J connectivity index is 1.43. The van der Waals surface area contributed by atoms with Gasteiger partial charge in [-0.05, 0) is 0 Å². The van der Waals surface area contributed by atoms with Crippen molar-refractivity contribution in [3.8, 4) is 0 Å². The third kappa shape index (κ3) is 23.1. The Kier molecular flexibility index (Phi) is 35.2. The predicted octanol–water partition coefficient (Wildman–Crippen LogP) is -17.9. The SMILES string of the molecule is NCCOP(=O)(O)O[C@@H](CO)[C@H]1OC(O[C@H]2[C@H](O[C@@H]3O[C@H](COP(=O)(O)O)[C@@H](O[C@@H]4O[C@H](CO)[C@@H](O)[C@H](O)[C@H]4O)[C@H](O)[C@H]3O)[C@@H]([C@@H](O)CO)OC(O[C@H]3[C@@H]([C@H](O)CO)O[C@@](O)(C(=O)O)C[C@H]3OP(=O)(O)OP(=O)(O)OCCN)[C@H]2O)[C@@H](OC2O[C@H]([C@@H](O)CO)[C@@H](O)[C@H](O[C@@H]3O[C@H](CO)[C@H](O)[C@H](O)[C@H]3O)[C@@H]2O)[C@@H](O)[C@@H]1O. The van der Waals surface area contributed by atoms with E-state index in [1.165, 1.54) is 0 Å². The molecule has 41 atom stereocenters. The van der Waals surface area contributed by atoms with Gasteiger partial charge in [0.25, 0.3) is 5.79 Å². The maximum absolute atomic E-state index is 13.7. The summed E-state index contributed by atoms with van der Waals surface area (Å²) in [7, 11) is -23.5. The quantitative estimate of drug-likeness (QED) is 0.0255. The van der Waals surface area contributed by atoms with Gasteiger partial charge in [0.2, 0.25) is 0 Å². The first-order valence-corrected chi connectivity index (χ1v) is 38.8. The Bertz CT molecular complexity index is 3050. The van der Waals surface area contributed by atoms with Crippen molar-refractivity contribution in [2.24, 2.45) is 11.5 Å². The molecule has 6 unspecified atom stereocenters. The number of carboxylic acids is 1. The number of aliphatic hydroxyl groups is 23. The van der Waals surface area contributed by atoms with Crippen molar-refractivity contribution in [3.63, 3.8) is 0 Å². The fraction of sp³-hybridized carbons (Fsp3) is 0.980. The average Bonchev–Trinajstić information content (AvgIpc) is 0.754. The van der Waals surface area contributed by atoms with Crippen LogP contribution in [-0.4, -0.2) is 458 Å². The number of hydrogen-bond donors (Lipinski definition) is 31. The molecule has 0 aromatic rings. The zero-order valence-corrected chi connectivity index (χ0v) is 60.1. The number of carboxylic acid groups (broad SMARTS) is 1. The summed E-state index contributed by atoms with van der Waals surface area (Å²) in [6.07, 6.45) is -97.0. The van der Waals surface area contributed by atoms with E-state index in [1.54, 1.807) is 0 Å². The Hall–Kier alpha value is -1.57. The molecular formula is C51H94N2O53P4. The van der Waals surface area contributed by atoms with E-state index in [9.17, 15) is 170 Å². The van der Waals surface area contributed by atoms with E-state index in [2.05, 4.69) is 13.4 Å². The Morgan fingerprint density at radius 3 is 1.34 bits per heavy atom. The van der Waals surface area contributed by atoms with Crippen molar-refractivity contribution in [1.29, 1.82) is 0 Å². The van der Waals surface area contributed by atoms with E-state index in [0.29, 0.717) is 0 Å². The molecule has 33 N–H and O–H groups in total. The highest BCUT2D eigenvalue weighted by molar-refractivity contribution is 7.61.